The zero-order chi connectivity index (χ0) is 10.3. The van der Waals surface area contributed by atoms with Crippen molar-refractivity contribution in [3.05, 3.63) is 0 Å². The Hall–Kier alpha value is -1.27. The number of hydrogen-bond acceptors (Lipinski definition) is 5. The van der Waals surface area contributed by atoms with Gasteiger partial charge in [-0.05, 0) is 7.05 Å². The molecule has 0 radical (unpaired) electrons. The molecule has 0 aromatic carbocycles. The Kier molecular flexibility index (Phi) is 5.66. The first-order chi connectivity index (χ1) is 6.11. The smallest absolute Gasteiger partial charge is 0.323 e. The Labute approximate surface area is 75.4 Å². The Morgan fingerprint density at radius 2 is 2.31 bits per heavy atom. The van der Waals surface area contributed by atoms with E-state index in [-0.39, 0.29) is 13.2 Å². The third kappa shape index (κ3) is 5.05. The zero-order valence-corrected chi connectivity index (χ0v) is 7.24. The lowest BCUT2D eigenvalue weighted by Gasteiger charge is -2.10. The predicted octanol–water partition coefficient (Wildman–Crippen LogP) is -1.11. The summed E-state index contributed by atoms with van der Waals surface area (Å²) in [6, 6.07) is -0.821. The molecule has 0 saturated carbocycles. The zero-order valence-electron chi connectivity index (χ0n) is 7.24. The highest BCUT2D eigenvalue weighted by Gasteiger charge is 2.14. The van der Waals surface area contributed by atoms with E-state index in [9.17, 15) is 9.59 Å². The molecule has 0 aromatic rings. The topological polar surface area (TPSA) is 99.5 Å². The second kappa shape index (κ2) is 6.27. The van der Waals surface area contributed by atoms with E-state index < -0.39 is 17.8 Å². The monoisotopic (exact) mass is 188 g/mol. The van der Waals surface area contributed by atoms with Gasteiger partial charge < -0.3 is 20.6 Å². The second-order valence-corrected chi connectivity index (χ2v) is 2.31. The molecule has 13 heavy (non-hydrogen) atoms. The van der Waals surface area contributed by atoms with Crippen molar-refractivity contribution in [3.63, 3.8) is 0 Å². The highest BCUT2D eigenvalue weighted by Crippen LogP contribution is 1.85. The van der Waals surface area contributed by atoms with Gasteiger partial charge in [0, 0.05) is 0 Å². The van der Waals surface area contributed by atoms with Crippen molar-refractivity contribution in [2.24, 2.45) is 0 Å². The normalized spacial score (nSPS) is 12.1. The molecular weight excluding hydrogens is 176 g/mol. The summed E-state index contributed by atoms with van der Waals surface area (Å²) in [4.78, 5) is 20.9. The van der Waals surface area contributed by atoms with Gasteiger partial charge in [-0.3, -0.25) is 9.59 Å². The minimum atomic E-state index is -1.04. The summed E-state index contributed by atoms with van der Waals surface area (Å²) in [5.41, 5.74) is 0. The molecule has 0 heterocycles. The molecule has 0 spiro atoms. The molecule has 0 fully saturated rings. The number of rotatable bonds is 7. The number of aliphatic carboxylic acids is 1. The van der Waals surface area contributed by atoms with Crippen molar-refractivity contribution in [2.75, 3.05) is 20.3 Å². The third-order valence-electron chi connectivity index (χ3n) is 1.34. The fourth-order valence-corrected chi connectivity index (χ4v) is 0.597. The number of nitrogens with one attached hydrogen (secondary N) is 2. The molecule has 1 atom stereocenters. The minimum Gasteiger partial charge on any atom is -0.480 e. The summed E-state index contributed by atoms with van der Waals surface area (Å²) >= 11 is 0. The number of hydrogen-bond donors (Lipinski definition) is 3. The van der Waals surface area contributed by atoms with Crippen LogP contribution in [0.3, 0.4) is 0 Å². The standard InChI is InChI=1S/C7H12N2O4/c1-9-6(7(11)12)4-13-3-5(10)2-8/h2,6,8-9H,3-4H2,1H3,(H,11,12)/t6-/m0/s1. The highest BCUT2D eigenvalue weighted by atomic mass is 16.5. The molecule has 0 aliphatic carbocycles. The van der Waals surface area contributed by atoms with Crippen LogP contribution in [0, 0.1) is 5.41 Å². The highest BCUT2D eigenvalue weighted by molar-refractivity contribution is 6.26. The summed E-state index contributed by atoms with van der Waals surface area (Å²) in [7, 11) is 1.49. The van der Waals surface area contributed by atoms with Crippen LogP contribution in [0.15, 0.2) is 0 Å². The summed E-state index contributed by atoms with van der Waals surface area (Å²) < 4.78 is 4.76. The Morgan fingerprint density at radius 1 is 1.69 bits per heavy atom. The van der Waals surface area contributed by atoms with Crippen LogP contribution in [0.5, 0.6) is 0 Å². The van der Waals surface area contributed by atoms with Crippen LogP contribution in [0.25, 0.3) is 0 Å². The van der Waals surface area contributed by atoms with Gasteiger partial charge in [0.15, 0.2) is 5.78 Å². The van der Waals surface area contributed by atoms with Crippen LogP contribution >= 0.6 is 0 Å². The first-order valence-corrected chi connectivity index (χ1v) is 3.63. The van der Waals surface area contributed by atoms with Gasteiger partial charge in [-0.25, -0.2) is 0 Å². The quantitative estimate of drug-likeness (QED) is 0.440. The van der Waals surface area contributed by atoms with Gasteiger partial charge in [-0.1, -0.05) is 0 Å². The second-order valence-electron chi connectivity index (χ2n) is 2.31. The van der Waals surface area contributed by atoms with E-state index in [4.69, 9.17) is 15.3 Å². The number of carbonyl (C=O) groups is 2. The molecule has 0 amide bonds. The number of likely N-dealkylation sites (N-methyl/N-ethyl adjacent to an activating group) is 1. The first-order valence-electron chi connectivity index (χ1n) is 3.63. The molecule has 6 nitrogen and oxygen atoms in total. The first kappa shape index (κ1) is 11.7. The van der Waals surface area contributed by atoms with Crippen molar-refractivity contribution < 1.29 is 19.4 Å². The molecule has 0 saturated heterocycles. The van der Waals surface area contributed by atoms with E-state index >= 15 is 0 Å². The number of ether oxygens (including phenoxy) is 1. The van der Waals surface area contributed by atoms with Crippen molar-refractivity contribution in [3.8, 4) is 0 Å². The summed E-state index contributed by atoms with van der Waals surface area (Å²) in [5, 5.41) is 17.6. The molecule has 0 aromatic heterocycles. The van der Waals surface area contributed by atoms with Crippen molar-refractivity contribution in [2.45, 2.75) is 6.04 Å². The molecule has 0 aliphatic heterocycles. The average molecular weight is 188 g/mol. The predicted molar refractivity (Wildman–Crippen MR) is 45.1 cm³/mol. The summed E-state index contributed by atoms with van der Waals surface area (Å²) in [6.45, 7) is -0.347. The van der Waals surface area contributed by atoms with Crippen LogP contribution in [0.2, 0.25) is 0 Å². The van der Waals surface area contributed by atoms with Crippen molar-refractivity contribution in [1.82, 2.24) is 5.32 Å². The van der Waals surface area contributed by atoms with Gasteiger partial charge in [-0.2, -0.15) is 0 Å². The van der Waals surface area contributed by atoms with E-state index in [0.717, 1.165) is 0 Å². The Balaban J connectivity index is 3.67. The molecule has 0 unspecified atom stereocenters. The number of carbonyl (C=O) groups excluding carboxylic acids is 1. The minimum absolute atomic E-state index is 0.0919. The van der Waals surface area contributed by atoms with E-state index in [2.05, 4.69) is 5.32 Å². The lowest BCUT2D eigenvalue weighted by Crippen LogP contribution is -2.38. The van der Waals surface area contributed by atoms with Crippen LogP contribution in [0.4, 0.5) is 0 Å². The summed E-state index contributed by atoms with van der Waals surface area (Å²) in [6.07, 6.45) is 0.634. The SMILES string of the molecule is CN[C@@H](COCC(=O)C=N)C(=O)O. The van der Waals surface area contributed by atoms with Crippen LogP contribution in [-0.4, -0.2) is 49.4 Å². The molecular formula is C7H12N2O4. The van der Waals surface area contributed by atoms with Gasteiger partial charge >= 0.3 is 5.97 Å². The molecule has 0 aliphatic rings. The van der Waals surface area contributed by atoms with E-state index in [1.165, 1.54) is 7.05 Å². The van der Waals surface area contributed by atoms with Gasteiger partial charge in [0.2, 0.25) is 0 Å². The number of carboxylic acid groups (broad SMARTS) is 1. The molecule has 3 N–H and O–H groups in total. The maximum absolute atomic E-state index is 10.5. The van der Waals surface area contributed by atoms with Crippen LogP contribution in [-0.2, 0) is 14.3 Å². The van der Waals surface area contributed by atoms with Crippen LogP contribution in [0.1, 0.15) is 0 Å². The van der Waals surface area contributed by atoms with Crippen molar-refractivity contribution in [1.29, 1.82) is 5.41 Å². The van der Waals surface area contributed by atoms with Gasteiger partial charge in [-0.15, -0.1) is 0 Å². The molecule has 0 rings (SSSR count). The summed E-state index contributed by atoms with van der Waals surface area (Å²) in [5.74, 6) is -1.52. The maximum Gasteiger partial charge on any atom is 0.323 e. The number of ketones is 1. The number of carboxylic acids is 1. The maximum atomic E-state index is 10.5. The van der Waals surface area contributed by atoms with E-state index in [1.54, 1.807) is 0 Å². The fourth-order valence-electron chi connectivity index (χ4n) is 0.597. The fraction of sp³-hybridized carbons (Fsp3) is 0.571. The largest absolute Gasteiger partial charge is 0.480 e. The lowest BCUT2D eigenvalue weighted by molar-refractivity contribution is -0.141. The molecule has 0 bridgehead atoms. The average Bonchev–Trinajstić information content (AvgIpc) is 2.11. The van der Waals surface area contributed by atoms with Crippen LogP contribution < -0.4 is 5.32 Å². The van der Waals surface area contributed by atoms with E-state index in [1.807, 2.05) is 0 Å². The van der Waals surface area contributed by atoms with Gasteiger partial charge in [0.1, 0.15) is 12.6 Å². The molecule has 6 heteroatoms. The van der Waals surface area contributed by atoms with Gasteiger partial charge in [0.25, 0.3) is 0 Å². The third-order valence-corrected chi connectivity index (χ3v) is 1.34. The van der Waals surface area contributed by atoms with E-state index in [0.29, 0.717) is 6.21 Å². The Morgan fingerprint density at radius 3 is 2.69 bits per heavy atom. The van der Waals surface area contributed by atoms with Crippen molar-refractivity contribution >= 4 is 18.0 Å². The van der Waals surface area contributed by atoms with Gasteiger partial charge in [0.05, 0.1) is 12.8 Å². The molecule has 74 valence electrons. The Bertz CT molecular complexity index is 205. The number of Topliss-reactive ketones (excluding diaryl/α,β-unsaturated/α-hetero) is 1. The lowest BCUT2D eigenvalue weighted by atomic mass is 10.3.